The summed E-state index contributed by atoms with van der Waals surface area (Å²) in [4.78, 5) is 6.66. The number of hydrogen-bond acceptors (Lipinski definition) is 3. The number of hydrogen-bond donors (Lipinski definition) is 1. The molecule has 0 saturated carbocycles. The second kappa shape index (κ2) is 5.71. The van der Waals surface area contributed by atoms with E-state index in [1.165, 1.54) is 0 Å². The van der Waals surface area contributed by atoms with Crippen molar-refractivity contribution in [2.24, 2.45) is 0 Å². The summed E-state index contributed by atoms with van der Waals surface area (Å²) in [5.74, 6) is 0.959. The van der Waals surface area contributed by atoms with Crippen LogP contribution in [0.15, 0.2) is 12.1 Å². The molecule has 84 valence electrons. The Balaban J connectivity index is 2.95. The smallest absolute Gasteiger partial charge is 0.128 e. The van der Waals surface area contributed by atoms with Crippen molar-refractivity contribution in [3.8, 4) is 0 Å². The van der Waals surface area contributed by atoms with Gasteiger partial charge in [0.1, 0.15) is 5.82 Å². The van der Waals surface area contributed by atoms with E-state index in [2.05, 4.69) is 23.7 Å². The largest absolute Gasteiger partial charge is 0.392 e. The van der Waals surface area contributed by atoms with Crippen LogP contribution >= 0.6 is 0 Å². The second-order valence-corrected chi connectivity index (χ2v) is 3.76. The summed E-state index contributed by atoms with van der Waals surface area (Å²) in [6.45, 7) is 5.30. The second-order valence-electron chi connectivity index (χ2n) is 3.76. The SMILES string of the molecule is CCCN(C)c1cc(CO)cc(CC)n1. The quantitative estimate of drug-likeness (QED) is 0.804. The summed E-state index contributed by atoms with van der Waals surface area (Å²) < 4.78 is 0. The van der Waals surface area contributed by atoms with Gasteiger partial charge in [0.05, 0.1) is 6.61 Å². The number of rotatable bonds is 5. The van der Waals surface area contributed by atoms with Crippen molar-refractivity contribution in [1.82, 2.24) is 4.98 Å². The Morgan fingerprint density at radius 3 is 2.60 bits per heavy atom. The van der Waals surface area contributed by atoms with E-state index < -0.39 is 0 Å². The van der Waals surface area contributed by atoms with Crippen molar-refractivity contribution in [3.63, 3.8) is 0 Å². The number of pyridine rings is 1. The molecule has 1 aromatic heterocycles. The normalized spacial score (nSPS) is 10.4. The molecule has 1 aromatic rings. The standard InChI is InChI=1S/C12H20N2O/c1-4-6-14(3)12-8-10(9-15)7-11(5-2)13-12/h7-8,15H,4-6,9H2,1-3H3. The van der Waals surface area contributed by atoms with Crippen molar-refractivity contribution < 1.29 is 5.11 Å². The Kier molecular flexibility index (Phi) is 4.56. The third kappa shape index (κ3) is 3.20. The number of aryl methyl sites for hydroxylation is 1. The van der Waals surface area contributed by atoms with Crippen molar-refractivity contribution in [3.05, 3.63) is 23.4 Å². The van der Waals surface area contributed by atoms with Crippen molar-refractivity contribution >= 4 is 5.82 Å². The van der Waals surface area contributed by atoms with Crippen LogP contribution in [-0.2, 0) is 13.0 Å². The van der Waals surface area contributed by atoms with Crippen molar-refractivity contribution in [1.29, 1.82) is 0 Å². The van der Waals surface area contributed by atoms with Crippen LogP contribution in [-0.4, -0.2) is 23.7 Å². The Morgan fingerprint density at radius 2 is 2.07 bits per heavy atom. The third-order valence-electron chi connectivity index (χ3n) is 2.42. The number of aliphatic hydroxyl groups is 1. The van der Waals surface area contributed by atoms with Gasteiger partial charge in [-0.1, -0.05) is 13.8 Å². The van der Waals surface area contributed by atoms with Crippen LogP contribution in [0.5, 0.6) is 0 Å². The molecule has 3 heteroatoms. The van der Waals surface area contributed by atoms with Crippen LogP contribution in [0.2, 0.25) is 0 Å². The van der Waals surface area contributed by atoms with E-state index in [9.17, 15) is 0 Å². The lowest BCUT2D eigenvalue weighted by Gasteiger charge is -2.18. The zero-order chi connectivity index (χ0) is 11.3. The molecule has 1 heterocycles. The number of nitrogens with zero attached hydrogens (tertiary/aromatic N) is 2. The van der Waals surface area contributed by atoms with E-state index in [0.29, 0.717) is 0 Å². The molecule has 0 aliphatic heterocycles. The first-order valence-electron chi connectivity index (χ1n) is 5.53. The predicted molar refractivity (Wildman–Crippen MR) is 63.1 cm³/mol. The van der Waals surface area contributed by atoms with E-state index in [4.69, 9.17) is 5.11 Å². The number of anilines is 1. The Morgan fingerprint density at radius 1 is 1.33 bits per heavy atom. The molecule has 1 N–H and O–H groups in total. The van der Waals surface area contributed by atoms with Crippen LogP contribution < -0.4 is 4.90 Å². The number of aromatic nitrogens is 1. The molecule has 0 aromatic carbocycles. The fourth-order valence-corrected chi connectivity index (χ4v) is 1.55. The van der Waals surface area contributed by atoms with Gasteiger partial charge in [0.2, 0.25) is 0 Å². The molecule has 0 amide bonds. The highest BCUT2D eigenvalue weighted by Crippen LogP contribution is 2.14. The van der Waals surface area contributed by atoms with Crippen LogP contribution in [0.3, 0.4) is 0 Å². The molecule has 0 fully saturated rings. The first-order chi connectivity index (χ1) is 7.21. The Hall–Kier alpha value is -1.09. The topological polar surface area (TPSA) is 36.4 Å². The Bertz CT molecular complexity index is 290. The molecule has 0 aliphatic rings. The van der Waals surface area contributed by atoms with Crippen molar-refractivity contribution in [2.45, 2.75) is 33.3 Å². The highest BCUT2D eigenvalue weighted by Gasteiger charge is 2.05. The van der Waals surface area contributed by atoms with Crippen LogP contribution in [0.1, 0.15) is 31.5 Å². The van der Waals surface area contributed by atoms with E-state index in [-0.39, 0.29) is 6.61 Å². The van der Waals surface area contributed by atoms with Crippen LogP contribution in [0.25, 0.3) is 0 Å². The van der Waals surface area contributed by atoms with E-state index in [1.807, 2.05) is 19.2 Å². The maximum absolute atomic E-state index is 9.15. The number of aliphatic hydroxyl groups excluding tert-OH is 1. The van der Waals surface area contributed by atoms with Gasteiger partial charge in [-0.3, -0.25) is 0 Å². The lowest BCUT2D eigenvalue weighted by Crippen LogP contribution is -2.19. The summed E-state index contributed by atoms with van der Waals surface area (Å²) in [5.41, 5.74) is 1.99. The van der Waals surface area contributed by atoms with E-state index in [1.54, 1.807) is 0 Å². The fraction of sp³-hybridized carbons (Fsp3) is 0.583. The monoisotopic (exact) mass is 208 g/mol. The molecule has 1 rings (SSSR count). The van der Waals surface area contributed by atoms with Gasteiger partial charge in [-0.25, -0.2) is 4.98 Å². The molecular formula is C12H20N2O. The van der Waals surface area contributed by atoms with E-state index >= 15 is 0 Å². The summed E-state index contributed by atoms with van der Waals surface area (Å²) in [7, 11) is 2.03. The molecular weight excluding hydrogens is 188 g/mol. The van der Waals surface area contributed by atoms with Gasteiger partial charge in [0.25, 0.3) is 0 Å². The first-order valence-corrected chi connectivity index (χ1v) is 5.53. The summed E-state index contributed by atoms with van der Waals surface area (Å²) in [6, 6.07) is 3.91. The average Bonchev–Trinajstić information content (AvgIpc) is 2.28. The zero-order valence-electron chi connectivity index (χ0n) is 9.82. The summed E-state index contributed by atoms with van der Waals surface area (Å²) >= 11 is 0. The lowest BCUT2D eigenvalue weighted by atomic mass is 10.2. The van der Waals surface area contributed by atoms with Gasteiger partial charge in [-0.2, -0.15) is 0 Å². The minimum atomic E-state index is 0.0858. The minimum absolute atomic E-state index is 0.0858. The van der Waals surface area contributed by atoms with Gasteiger partial charge in [-0.05, 0) is 30.5 Å². The highest BCUT2D eigenvalue weighted by molar-refractivity contribution is 5.41. The van der Waals surface area contributed by atoms with Gasteiger partial charge in [-0.15, -0.1) is 0 Å². The Labute approximate surface area is 91.8 Å². The molecule has 15 heavy (non-hydrogen) atoms. The molecule has 0 bridgehead atoms. The first kappa shape index (κ1) is 12.0. The van der Waals surface area contributed by atoms with Gasteiger partial charge in [0, 0.05) is 19.3 Å². The van der Waals surface area contributed by atoms with Crippen molar-refractivity contribution in [2.75, 3.05) is 18.5 Å². The predicted octanol–water partition coefficient (Wildman–Crippen LogP) is 1.98. The molecule has 0 unspecified atom stereocenters. The zero-order valence-corrected chi connectivity index (χ0v) is 9.82. The van der Waals surface area contributed by atoms with Gasteiger partial charge in [0.15, 0.2) is 0 Å². The maximum atomic E-state index is 9.15. The summed E-state index contributed by atoms with van der Waals surface area (Å²) in [5, 5.41) is 9.15. The third-order valence-corrected chi connectivity index (χ3v) is 2.42. The minimum Gasteiger partial charge on any atom is -0.392 e. The average molecular weight is 208 g/mol. The van der Waals surface area contributed by atoms with Gasteiger partial charge < -0.3 is 10.0 Å². The molecule has 0 aliphatic carbocycles. The molecule has 0 radical (unpaired) electrons. The lowest BCUT2D eigenvalue weighted by molar-refractivity contribution is 0.281. The molecule has 3 nitrogen and oxygen atoms in total. The molecule has 0 spiro atoms. The van der Waals surface area contributed by atoms with Crippen LogP contribution in [0.4, 0.5) is 5.82 Å². The molecule has 0 atom stereocenters. The van der Waals surface area contributed by atoms with Gasteiger partial charge >= 0.3 is 0 Å². The highest BCUT2D eigenvalue weighted by atomic mass is 16.3. The summed E-state index contributed by atoms with van der Waals surface area (Å²) in [6.07, 6.45) is 2.00. The fourth-order valence-electron chi connectivity index (χ4n) is 1.55. The molecule has 0 saturated heterocycles. The van der Waals surface area contributed by atoms with Crippen LogP contribution in [0, 0.1) is 0 Å². The maximum Gasteiger partial charge on any atom is 0.128 e. The van der Waals surface area contributed by atoms with E-state index in [0.717, 1.165) is 36.5 Å².